The van der Waals surface area contributed by atoms with Gasteiger partial charge in [0, 0.05) is 6.42 Å². The lowest BCUT2D eigenvalue weighted by Crippen LogP contribution is -2.42. The van der Waals surface area contributed by atoms with Crippen molar-refractivity contribution in [1.29, 1.82) is 0 Å². The van der Waals surface area contributed by atoms with Crippen molar-refractivity contribution >= 4 is 10.3 Å². The molecule has 7 heteroatoms. The van der Waals surface area contributed by atoms with Gasteiger partial charge >= 0.3 is 10.3 Å². The zero-order valence-corrected chi connectivity index (χ0v) is 12.5. The molecular formula is C13H19NO5S. The lowest BCUT2D eigenvalue weighted by atomic mass is 10.1. The molecule has 0 saturated carbocycles. The van der Waals surface area contributed by atoms with E-state index >= 15 is 0 Å². The van der Waals surface area contributed by atoms with Crippen molar-refractivity contribution in [2.75, 3.05) is 7.11 Å². The summed E-state index contributed by atoms with van der Waals surface area (Å²) in [6.07, 6.45) is -0.659. The van der Waals surface area contributed by atoms with E-state index in [0.29, 0.717) is 6.42 Å². The average Bonchev–Trinajstić information content (AvgIpc) is 2.64. The Hall–Kier alpha value is -0.990. The third-order valence-corrected chi connectivity index (χ3v) is 3.90. The third kappa shape index (κ3) is 4.00. The standard InChI is InChI=1S/C13H19NO5S/c1-13(2)18-11(9-10-7-5-4-6-8-10)12(19-13)14-20(15,16)17-3/h4-8,11-12,14H,9H2,1-3H3. The van der Waals surface area contributed by atoms with Crippen LogP contribution in [0.2, 0.25) is 0 Å². The molecule has 1 aromatic carbocycles. The maximum Gasteiger partial charge on any atom is 0.337 e. The van der Waals surface area contributed by atoms with E-state index in [2.05, 4.69) is 8.91 Å². The van der Waals surface area contributed by atoms with Crippen molar-refractivity contribution in [3.05, 3.63) is 35.9 Å². The molecule has 2 rings (SSSR count). The summed E-state index contributed by atoms with van der Waals surface area (Å²) in [6, 6.07) is 9.67. The van der Waals surface area contributed by atoms with Gasteiger partial charge in [-0.1, -0.05) is 30.3 Å². The number of rotatable bonds is 5. The molecule has 6 nitrogen and oxygen atoms in total. The van der Waals surface area contributed by atoms with E-state index in [1.807, 2.05) is 30.3 Å². The predicted molar refractivity (Wildman–Crippen MR) is 73.0 cm³/mol. The minimum absolute atomic E-state index is 0.419. The SMILES string of the molecule is COS(=O)(=O)NC1OC(C)(C)OC1Cc1ccccc1. The van der Waals surface area contributed by atoms with E-state index in [0.717, 1.165) is 12.7 Å². The van der Waals surface area contributed by atoms with E-state index in [1.165, 1.54) is 0 Å². The summed E-state index contributed by atoms with van der Waals surface area (Å²) in [7, 11) is -2.74. The topological polar surface area (TPSA) is 73.9 Å². The first-order valence-electron chi connectivity index (χ1n) is 6.29. The highest BCUT2D eigenvalue weighted by molar-refractivity contribution is 7.84. The van der Waals surface area contributed by atoms with Crippen molar-refractivity contribution in [3.63, 3.8) is 0 Å². The summed E-state index contributed by atoms with van der Waals surface area (Å²) in [6.45, 7) is 3.48. The van der Waals surface area contributed by atoms with E-state index in [4.69, 9.17) is 9.47 Å². The second-order valence-corrected chi connectivity index (χ2v) is 6.50. The Morgan fingerprint density at radius 2 is 1.90 bits per heavy atom. The van der Waals surface area contributed by atoms with Crippen LogP contribution in [0.3, 0.4) is 0 Å². The molecule has 0 bridgehead atoms. The molecule has 1 aliphatic rings. The lowest BCUT2D eigenvalue weighted by molar-refractivity contribution is -0.146. The van der Waals surface area contributed by atoms with Gasteiger partial charge in [-0.3, -0.25) is 4.18 Å². The number of benzene rings is 1. The number of nitrogens with one attached hydrogen (secondary N) is 1. The zero-order valence-electron chi connectivity index (χ0n) is 11.7. The largest absolute Gasteiger partial charge is 0.343 e. The molecule has 112 valence electrons. The van der Waals surface area contributed by atoms with Gasteiger partial charge in [-0.2, -0.15) is 13.1 Å². The highest BCUT2D eigenvalue weighted by atomic mass is 32.2. The average molecular weight is 301 g/mol. The van der Waals surface area contributed by atoms with Gasteiger partial charge in [0.15, 0.2) is 12.0 Å². The fraction of sp³-hybridized carbons (Fsp3) is 0.538. The lowest BCUT2D eigenvalue weighted by Gasteiger charge is -2.17. The Bertz CT molecular complexity index is 543. The number of hydrogen-bond donors (Lipinski definition) is 1. The van der Waals surface area contributed by atoms with Gasteiger partial charge in [-0.05, 0) is 19.4 Å². The first-order valence-corrected chi connectivity index (χ1v) is 7.69. The molecule has 2 atom stereocenters. The molecule has 1 heterocycles. The van der Waals surface area contributed by atoms with Crippen molar-refractivity contribution in [1.82, 2.24) is 4.72 Å². The molecule has 1 saturated heterocycles. The first-order chi connectivity index (χ1) is 9.31. The Kier molecular flexibility index (Phi) is 4.46. The molecule has 0 aromatic heterocycles. The molecular weight excluding hydrogens is 282 g/mol. The molecule has 1 aliphatic heterocycles. The van der Waals surface area contributed by atoms with Crippen LogP contribution in [-0.2, 0) is 30.4 Å². The van der Waals surface area contributed by atoms with Crippen LogP contribution in [0.5, 0.6) is 0 Å². The molecule has 1 fully saturated rings. The Labute approximate surface area is 119 Å². The van der Waals surface area contributed by atoms with Crippen LogP contribution in [0.4, 0.5) is 0 Å². The van der Waals surface area contributed by atoms with Crippen LogP contribution in [0, 0.1) is 0 Å². The molecule has 0 spiro atoms. The number of ether oxygens (including phenoxy) is 2. The highest BCUT2D eigenvalue weighted by Crippen LogP contribution is 2.29. The van der Waals surface area contributed by atoms with Crippen LogP contribution in [0.15, 0.2) is 30.3 Å². The normalized spacial score (nSPS) is 25.8. The van der Waals surface area contributed by atoms with Gasteiger partial charge < -0.3 is 9.47 Å². The minimum atomic E-state index is -3.83. The third-order valence-electron chi connectivity index (χ3n) is 2.94. The van der Waals surface area contributed by atoms with Gasteiger partial charge in [-0.15, -0.1) is 0 Å². The van der Waals surface area contributed by atoms with Crippen LogP contribution in [-0.4, -0.2) is 33.6 Å². The fourth-order valence-electron chi connectivity index (χ4n) is 2.12. The Balaban J connectivity index is 2.12. The molecule has 2 unspecified atom stereocenters. The summed E-state index contributed by atoms with van der Waals surface area (Å²) in [5.74, 6) is -0.847. The maximum atomic E-state index is 11.5. The fourth-order valence-corrected chi connectivity index (χ4v) is 2.70. The van der Waals surface area contributed by atoms with E-state index < -0.39 is 28.4 Å². The molecule has 0 radical (unpaired) electrons. The number of hydrogen-bond acceptors (Lipinski definition) is 5. The zero-order chi connectivity index (χ0) is 14.8. The Morgan fingerprint density at radius 3 is 2.50 bits per heavy atom. The van der Waals surface area contributed by atoms with Gasteiger partial charge in [0.25, 0.3) is 0 Å². The predicted octanol–water partition coefficient (Wildman–Crippen LogP) is 1.19. The quantitative estimate of drug-likeness (QED) is 0.884. The van der Waals surface area contributed by atoms with Crippen LogP contribution < -0.4 is 4.72 Å². The van der Waals surface area contributed by atoms with Crippen LogP contribution >= 0.6 is 0 Å². The van der Waals surface area contributed by atoms with Crippen molar-refractivity contribution in [3.8, 4) is 0 Å². The van der Waals surface area contributed by atoms with Crippen molar-refractivity contribution in [2.45, 2.75) is 38.4 Å². The molecule has 0 amide bonds. The van der Waals surface area contributed by atoms with E-state index in [-0.39, 0.29) is 0 Å². The van der Waals surface area contributed by atoms with E-state index in [9.17, 15) is 8.42 Å². The van der Waals surface area contributed by atoms with Gasteiger partial charge in [0.2, 0.25) is 0 Å². The first kappa shape index (κ1) is 15.4. The maximum absolute atomic E-state index is 11.5. The second-order valence-electron chi connectivity index (χ2n) is 5.02. The molecule has 1 aromatic rings. The van der Waals surface area contributed by atoms with Gasteiger partial charge in [0.1, 0.15) is 6.10 Å². The Morgan fingerprint density at radius 1 is 1.25 bits per heavy atom. The summed E-state index contributed by atoms with van der Waals surface area (Å²) >= 11 is 0. The minimum Gasteiger partial charge on any atom is -0.343 e. The van der Waals surface area contributed by atoms with Gasteiger partial charge in [0.05, 0.1) is 7.11 Å². The van der Waals surface area contributed by atoms with E-state index in [1.54, 1.807) is 13.8 Å². The summed E-state index contributed by atoms with van der Waals surface area (Å²) in [4.78, 5) is 0. The molecule has 20 heavy (non-hydrogen) atoms. The molecule has 1 N–H and O–H groups in total. The second kappa shape index (κ2) is 5.79. The summed E-state index contributed by atoms with van der Waals surface area (Å²) in [5.41, 5.74) is 1.04. The molecule has 0 aliphatic carbocycles. The van der Waals surface area contributed by atoms with Gasteiger partial charge in [-0.25, -0.2) is 0 Å². The van der Waals surface area contributed by atoms with Crippen LogP contribution in [0.1, 0.15) is 19.4 Å². The summed E-state index contributed by atoms with van der Waals surface area (Å²) in [5, 5.41) is 0. The highest BCUT2D eigenvalue weighted by Gasteiger charge is 2.43. The van der Waals surface area contributed by atoms with Crippen molar-refractivity contribution < 1.29 is 22.1 Å². The summed E-state index contributed by atoms with van der Waals surface area (Å²) < 4.78 is 41.0. The van der Waals surface area contributed by atoms with Crippen molar-refractivity contribution in [2.24, 2.45) is 0 Å². The monoisotopic (exact) mass is 301 g/mol. The van der Waals surface area contributed by atoms with Crippen LogP contribution in [0.25, 0.3) is 0 Å². The smallest absolute Gasteiger partial charge is 0.337 e.